The lowest BCUT2D eigenvalue weighted by Crippen LogP contribution is -2.44. The molecule has 1 aliphatic heterocycles. The van der Waals surface area contributed by atoms with Crippen LogP contribution >= 0.6 is 11.8 Å². The van der Waals surface area contributed by atoms with Gasteiger partial charge in [-0.2, -0.15) is 11.8 Å². The highest BCUT2D eigenvalue weighted by molar-refractivity contribution is 7.99. The number of alkyl halides is 3. The standard InChI is InChI=1S/C13H16F3NO4S2/c1-20-12(6-7-22-9-12)8-17-23(18,19)11-4-2-10(3-5-11)21-13(14,15)16/h2-5,17H,6-9H2,1H3/t12-/m0/s1. The van der Waals surface area contributed by atoms with E-state index in [0.29, 0.717) is 5.75 Å². The average Bonchev–Trinajstić information content (AvgIpc) is 2.94. The van der Waals surface area contributed by atoms with Crippen molar-refractivity contribution in [1.29, 1.82) is 0 Å². The Morgan fingerprint density at radius 3 is 2.43 bits per heavy atom. The first-order chi connectivity index (χ1) is 10.7. The quantitative estimate of drug-likeness (QED) is 0.832. The summed E-state index contributed by atoms with van der Waals surface area (Å²) in [7, 11) is -2.30. The number of nitrogens with one attached hydrogen (secondary N) is 1. The van der Waals surface area contributed by atoms with Gasteiger partial charge in [0.25, 0.3) is 0 Å². The van der Waals surface area contributed by atoms with Crippen LogP contribution in [0.15, 0.2) is 29.2 Å². The molecule has 0 amide bonds. The van der Waals surface area contributed by atoms with Crippen LogP contribution < -0.4 is 9.46 Å². The molecule has 1 aromatic carbocycles. The fraction of sp³-hybridized carbons (Fsp3) is 0.538. The fourth-order valence-corrected chi connectivity index (χ4v) is 4.60. The second kappa shape index (κ2) is 6.88. The lowest BCUT2D eigenvalue weighted by molar-refractivity contribution is -0.274. The predicted molar refractivity (Wildman–Crippen MR) is 80.0 cm³/mol. The fourth-order valence-electron chi connectivity index (χ4n) is 2.09. The molecule has 130 valence electrons. The highest BCUT2D eigenvalue weighted by Gasteiger charge is 2.36. The second-order valence-corrected chi connectivity index (χ2v) is 7.91. The Kier molecular flexibility index (Phi) is 5.49. The zero-order valence-corrected chi connectivity index (χ0v) is 13.9. The molecule has 0 saturated carbocycles. The van der Waals surface area contributed by atoms with Crippen molar-refractivity contribution in [3.8, 4) is 5.75 Å². The molecule has 1 fully saturated rings. The third kappa shape index (κ3) is 5.00. The molecular formula is C13H16F3NO4S2. The van der Waals surface area contributed by atoms with Crippen molar-refractivity contribution in [3.63, 3.8) is 0 Å². The molecule has 0 aromatic heterocycles. The zero-order valence-electron chi connectivity index (χ0n) is 12.2. The molecule has 1 atom stereocenters. The summed E-state index contributed by atoms with van der Waals surface area (Å²) in [6.07, 6.45) is -4.08. The Labute approximate surface area is 136 Å². The minimum Gasteiger partial charge on any atom is -0.406 e. The summed E-state index contributed by atoms with van der Waals surface area (Å²) >= 11 is 1.68. The largest absolute Gasteiger partial charge is 0.573 e. The van der Waals surface area contributed by atoms with E-state index in [1.165, 1.54) is 7.11 Å². The SMILES string of the molecule is CO[C@]1(CNS(=O)(=O)c2ccc(OC(F)(F)F)cc2)CCSC1. The molecule has 5 nitrogen and oxygen atoms in total. The van der Waals surface area contributed by atoms with E-state index >= 15 is 0 Å². The molecule has 1 aromatic rings. The molecule has 23 heavy (non-hydrogen) atoms. The molecular weight excluding hydrogens is 355 g/mol. The Hall–Kier alpha value is -0.970. The van der Waals surface area contributed by atoms with E-state index in [1.54, 1.807) is 11.8 Å². The van der Waals surface area contributed by atoms with Crippen molar-refractivity contribution in [2.75, 3.05) is 25.2 Å². The smallest absolute Gasteiger partial charge is 0.406 e. The third-order valence-electron chi connectivity index (χ3n) is 3.45. The van der Waals surface area contributed by atoms with Gasteiger partial charge < -0.3 is 9.47 Å². The van der Waals surface area contributed by atoms with Crippen molar-refractivity contribution >= 4 is 21.8 Å². The van der Waals surface area contributed by atoms with Crippen LogP contribution in [-0.2, 0) is 14.8 Å². The van der Waals surface area contributed by atoms with E-state index in [1.807, 2.05) is 0 Å². The van der Waals surface area contributed by atoms with Gasteiger partial charge in [0.15, 0.2) is 0 Å². The average molecular weight is 371 g/mol. The van der Waals surface area contributed by atoms with Gasteiger partial charge in [0.1, 0.15) is 5.75 Å². The van der Waals surface area contributed by atoms with Crippen molar-refractivity contribution < 1.29 is 31.1 Å². The molecule has 0 bridgehead atoms. The lowest BCUT2D eigenvalue weighted by atomic mass is 10.0. The van der Waals surface area contributed by atoms with Gasteiger partial charge in [-0.3, -0.25) is 0 Å². The summed E-state index contributed by atoms with van der Waals surface area (Å²) in [5, 5.41) is 0. The van der Waals surface area contributed by atoms with Crippen molar-refractivity contribution in [3.05, 3.63) is 24.3 Å². The molecule has 1 N–H and O–H groups in total. The van der Waals surface area contributed by atoms with Crippen LogP contribution in [0.1, 0.15) is 6.42 Å². The number of benzene rings is 1. The summed E-state index contributed by atoms with van der Waals surface area (Å²) in [5.74, 6) is 1.10. The highest BCUT2D eigenvalue weighted by Crippen LogP contribution is 2.30. The van der Waals surface area contributed by atoms with Gasteiger partial charge in [0, 0.05) is 19.4 Å². The first-order valence-electron chi connectivity index (χ1n) is 6.64. The lowest BCUT2D eigenvalue weighted by Gasteiger charge is -2.26. The maximum atomic E-state index is 12.2. The minimum atomic E-state index is -4.82. The first-order valence-corrected chi connectivity index (χ1v) is 9.28. The van der Waals surface area contributed by atoms with E-state index in [0.717, 1.165) is 36.4 Å². The monoisotopic (exact) mass is 371 g/mol. The number of ether oxygens (including phenoxy) is 2. The number of halogens is 3. The maximum absolute atomic E-state index is 12.2. The third-order valence-corrected chi connectivity index (χ3v) is 6.09. The van der Waals surface area contributed by atoms with Crippen LogP contribution in [0.2, 0.25) is 0 Å². The summed E-state index contributed by atoms with van der Waals surface area (Å²) < 4.78 is 72.2. The number of methoxy groups -OCH3 is 1. The van der Waals surface area contributed by atoms with Gasteiger partial charge >= 0.3 is 6.36 Å². The second-order valence-electron chi connectivity index (χ2n) is 5.03. The van der Waals surface area contributed by atoms with E-state index in [9.17, 15) is 21.6 Å². The van der Waals surface area contributed by atoms with Crippen LogP contribution in [0.3, 0.4) is 0 Å². The topological polar surface area (TPSA) is 64.6 Å². The molecule has 1 aliphatic rings. The summed E-state index contributed by atoms with van der Waals surface area (Å²) in [6.45, 7) is 0.111. The van der Waals surface area contributed by atoms with Crippen LogP contribution in [0.4, 0.5) is 13.2 Å². The van der Waals surface area contributed by atoms with E-state index in [2.05, 4.69) is 9.46 Å². The molecule has 0 unspecified atom stereocenters. The van der Waals surface area contributed by atoms with E-state index in [4.69, 9.17) is 4.74 Å². The Morgan fingerprint density at radius 2 is 1.96 bits per heavy atom. The van der Waals surface area contributed by atoms with Crippen molar-refractivity contribution in [2.45, 2.75) is 23.3 Å². The maximum Gasteiger partial charge on any atom is 0.573 e. The van der Waals surface area contributed by atoms with Gasteiger partial charge in [0.2, 0.25) is 10.0 Å². The van der Waals surface area contributed by atoms with Crippen LogP contribution in [-0.4, -0.2) is 45.5 Å². The van der Waals surface area contributed by atoms with Crippen LogP contribution in [0.5, 0.6) is 5.75 Å². The summed E-state index contributed by atoms with van der Waals surface area (Å²) in [6, 6.07) is 4.04. The number of hydrogen-bond acceptors (Lipinski definition) is 5. The summed E-state index contributed by atoms with van der Waals surface area (Å²) in [4.78, 5) is -0.135. The predicted octanol–water partition coefficient (Wildman–Crippen LogP) is 2.39. The first kappa shape index (κ1) is 18.4. The number of thioether (sulfide) groups is 1. The van der Waals surface area contributed by atoms with E-state index in [-0.39, 0.29) is 11.4 Å². The number of sulfonamides is 1. The van der Waals surface area contributed by atoms with Gasteiger partial charge in [-0.15, -0.1) is 13.2 Å². The number of hydrogen-bond donors (Lipinski definition) is 1. The molecule has 2 rings (SSSR count). The molecule has 1 saturated heterocycles. The highest BCUT2D eigenvalue weighted by atomic mass is 32.2. The Balaban J connectivity index is 2.04. The molecule has 0 radical (unpaired) electrons. The molecule has 10 heteroatoms. The Bertz CT molecular complexity index is 626. The molecule has 1 heterocycles. The Morgan fingerprint density at radius 1 is 1.30 bits per heavy atom. The van der Waals surface area contributed by atoms with Crippen LogP contribution in [0, 0.1) is 0 Å². The van der Waals surface area contributed by atoms with Gasteiger partial charge in [0.05, 0.1) is 10.5 Å². The van der Waals surface area contributed by atoms with Crippen molar-refractivity contribution in [1.82, 2.24) is 4.72 Å². The number of rotatable bonds is 6. The zero-order chi connectivity index (χ0) is 17.1. The summed E-state index contributed by atoms with van der Waals surface area (Å²) in [5.41, 5.74) is -0.545. The molecule has 0 aliphatic carbocycles. The normalized spacial score (nSPS) is 22.3. The van der Waals surface area contributed by atoms with Crippen molar-refractivity contribution in [2.24, 2.45) is 0 Å². The minimum absolute atomic E-state index is 0.111. The van der Waals surface area contributed by atoms with Gasteiger partial charge in [-0.1, -0.05) is 0 Å². The van der Waals surface area contributed by atoms with E-state index < -0.39 is 27.7 Å². The van der Waals surface area contributed by atoms with Gasteiger partial charge in [-0.05, 0) is 36.4 Å². The van der Waals surface area contributed by atoms with Gasteiger partial charge in [-0.25, -0.2) is 13.1 Å². The van der Waals surface area contributed by atoms with Crippen LogP contribution in [0.25, 0.3) is 0 Å². The molecule has 0 spiro atoms.